The maximum absolute atomic E-state index is 9.70. The van der Waals surface area contributed by atoms with Crippen LogP contribution in [0.3, 0.4) is 0 Å². The first-order valence-corrected chi connectivity index (χ1v) is 7.24. The van der Waals surface area contributed by atoms with Crippen molar-refractivity contribution in [1.29, 1.82) is 5.26 Å². The Morgan fingerprint density at radius 1 is 0.864 bits per heavy atom. The maximum atomic E-state index is 9.70. The van der Waals surface area contributed by atoms with E-state index in [0.717, 1.165) is 27.7 Å². The number of nitriles is 1. The van der Waals surface area contributed by atoms with Gasteiger partial charge in [0.05, 0.1) is 11.3 Å². The number of benzene rings is 2. The van der Waals surface area contributed by atoms with Gasteiger partial charge < -0.3 is 9.13 Å². The van der Waals surface area contributed by atoms with Gasteiger partial charge in [-0.1, -0.05) is 36.4 Å². The number of aromatic nitrogens is 2. The lowest BCUT2D eigenvalue weighted by molar-refractivity contribution is 0.956. The molecule has 4 rings (SSSR count). The van der Waals surface area contributed by atoms with Crippen LogP contribution < -0.4 is 0 Å². The van der Waals surface area contributed by atoms with Crippen molar-refractivity contribution < 1.29 is 0 Å². The van der Waals surface area contributed by atoms with E-state index < -0.39 is 0 Å². The Morgan fingerprint density at radius 3 is 2.23 bits per heavy atom. The van der Waals surface area contributed by atoms with Gasteiger partial charge in [-0.2, -0.15) is 5.26 Å². The van der Waals surface area contributed by atoms with E-state index in [9.17, 15) is 5.26 Å². The fraction of sp³-hybridized carbons (Fsp3) is 0.105. The number of rotatable bonds is 1. The van der Waals surface area contributed by atoms with Crippen LogP contribution in [0.5, 0.6) is 0 Å². The minimum Gasteiger partial charge on any atom is -0.350 e. The summed E-state index contributed by atoms with van der Waals surface area (Å²) in [7, 11) is 4.07. The molecule has 106 valence electrons. The Bertz CT molecular complexity index is 1060. The molecule has 3 nitrogen and oxygen atoms in total. The Labute approximate surface area is 128 Å². The van der Waals surface area contributed by atoms with Gasteiger partial charge >= 0.3 is 0 Å². The molecule has 4 aromatic rings. The molecule has 22 heavy (non-hydrogen) atoms. The van der Waals surface area contributed by atoms with Crippen molar-refractivity contribution in [1.82, 2.24) is 9.13 Å². The van der Waals surface area contributed by atoms with Crippen molar-refractivity contribution in [2.75, 3.05) is 0 Å². The van der Waals surface area contributed by atoms with E-state index in [1.54, 1.807) is 0 Å². The first-order chi connectivity index (χ1) is 10.7. The summed E-state index contributed by atoms with van der Waals surface area (Å²) in [6.45, 7) is 0. The van der Waals surface area contributed by atoms with Crippen molar-refractivity contribution in [2.45, 2.75) is 0 Å². The summed E-state index contributed by atoms with van der Waals surface area (Å²) in [5.41, 5.74) is 5.09. The molecule has 0 atom stereocenters. The Kier molecular flexibility index (Phi) is 2.61. The van der Waals surface area contributed by atoms with Crippen LogP contribution in [0, 0.1) is 11.3 Å². The molecule has 0 N–H and O–H groups in total. The van der Waals surface area contributed by atoms with Crippen molar-refractivity contribution in [3.63, 3.8) is 0 Å². The molecule has 0 aliphatic heterocycles. The fourth-order valence-electron chi connectivity index (χ4n) is 3.35. The smallest absolute Gasteiger partial charge is 0.102 e. The zero-order valence-corrected chi connectivity index (χ0v) is 12.5. The summed E-state index contributed by atoms with van der Waals surface area (Å²) in [5.74, 6) is 0. The average molecular weight is 285 g/mol. The van der Waals surface area contributed by atoms with Gasteiger partial charge in [-0.15, -0.1) is 0 Å². The van der Waals surface area contributed by atoms with Gasteiger partial charge in [0.15, 0.2) is 0 Å². The Hall–Kier alpha value is -2.99. The second-order valence-corrected chi connectivity index (χ2v) is 5.58. The van der Waals surface area contributed by atoms with Gasteiger partial charge in [-0.25, -0.2) is 0 Å². The summed E-state index contributed by atoms with van der Waals surface area (Å²) in [6, 6.07) is 18.8. The first-order valence-electron chi connectivity index (χ1n) is 7.24. The van der Waals surface area contributed by atoms with Crippen molar-refractivity contribution in [3.8, 4) is 17.3 Å². The van der Waals surface area contributed by atoms with Gasteiger partial charge in [0.2, 0.25) is 0 Å². The van der Waals surface area contributed by atoms with Gasteiger partial charge in [0.25, 0.3) is 0 Å². The van der Waals surface area contributed by atoms with Crippen LogP contribution in [0.1, 0.15) is 5.56 Å². The van der Waals surface area contributed by atoms with Crippen molar-refractivity contribution in [2.24, 2.45) is 14.1 Å². The molecule has 0 radical (unpaired) electrons. The van der Waals surface area contributed by atoms with Crippen LogP contribution in [0.25, 0.3) is 33.1 Å². The predicted molar refractivity (Wildman–Crippen MR) is 89.5 cm³/mol. The fourth-order valence-corrected chi connectivity index (χ4v) is 3.35. The summed E-state index contributed by atoms with van der Waals surface area (Å²) < 4.78 is 4.24. The van der Waals surface area contributed by atoms with Gasteiger partial charge in [0.1, 0.15) is 6.07 Å². The molecule has 0 spiro atoms. The molecule has 0 aliphatic rings. The van der Waals surface area contributed by atoms with Crippen LogP contribution in [0.15, 0.2) is 54.7 Å². The van der Waals surface area contributed by atoms with Gasteiger partial charge in [0, 0.05) is 47.7 Å². The van der Waals surface area contributed by atoms with E-state index in [0.29, 0.717) is 0 Å². The Morgan fingerprint density at radius 2 is 1.50 bits per heavy atom. The summed E-state index contributed by atoms with van der Waals surface area (Å²) in [6.07, 6.45) is 2.11. The SMILES string of the molecule is Cn1cc(-c2c(C#N)c3ccccc3n2C)c2ccccc21. The molecule has 0 saturated heterocycles. The number of aryl methyl sites for hydroxylation is 2. The lowest BCUT2D eigenvalue weighted by Gasteiger charge is -2.03. The quantitative estimate of drug-likeness (QED) is 0.516. The zero-order chi connectivity index (χ0) is 15.3. The molecule has 0 fully saturated rings. The monoisotopic (exact) mass is 285 g/mol. The van der Waals surface area contributed by atoms with Gasteiger partial charge in [-0.3, -0.25) is 0 Å². The van der Waals surface area contributed by atoms with Gasteiger partial charge in [-0.05, 0) is 12.1 Å². The van der Waals surface area contributed by atoms with E-state index >= 15 is 0 Å². The van der Waals surface area contributed by atoms with Crippen molar-refractivity contribution in [3.05, 3.63) is 60.3 Å². The minimum absolute atomic E-state index is 0.745. The number of fused-ring (bicyclic) bond motifs is 2. The maximum Gasteiger partial charge on any atom is 0.102 e. The van der Waals surface area contributed by atoms with Crippen molar-refractivity contribution >= 4 is 21.8 Å². The summed E-state index contributed by atoms with van der Waals surface area (Å²) >= 11 is 0. The predicted octanol–water partition coefficient (Wildman–Crippen LogP) is 4.21. The second-order valence-electron chi connectivity index (χ2n) is 5.58. The minimum atomic E-state index is 0.745. The second kappa shape index (κ2) is 4.51. The molecule has 2 aromatic heterocycles. The standard InChI is InChI=1S/C19H15N3/c1-21-12-16(14-8-3-5-9-17(14)21)19-15(11-20)13-7-4-6-10-18(13)22(19)2/h3-10,12H,1-2H3. The highest BCUT2D eigenvalue weighted by molar-refractivity contribution is 6.02. The third-order valence-electron chi connectivity index (χ3n) is 4.37. The van der Waals surface area contributed by atoms with E-state index in [2.05, 4.69) is 39.6 Å². The topological polar surface area (TPSA) is 33.6 Å². The van der Waals surface area contributed by atoms with E-state index in [1.165, 1.54) is 10.9 Å². The molecular formula is C19H15N3. The first kappa shape index (κ1) is 12.7. The van der Waals surface area contributed by atoms with Crippen LogP contribution in [0.2, 0.25) is 0 Å². The zero-order valence-electron chi connectivity index (χ0n) is 12.5. The highest BCUT2D eigenvalue weighted by Crippen LogP contribution is 2.36. The molecule has 0 saturated carbocycles. The lowest BCUT2D eigenvalue weighted by atomic mass is 10.1. The average Bonchev–Trinajstić information content (AvgIpc) is 3.03. The summed E-state index contributed by atoms with van der Waals surface area (Å²) in [5, 5.41) is 11.9. The highest BCUT2D eigenvalue weighted by atomic mass is 15.0. The molecule has 0 bridgehead atoms. The highest BCUT2D eigenvalue weighted by Gasteiger charge is 2.19. The van der Waals surface area contributed by atoms with E-state index in [4.69, 9.17) is 0 Å². The molecule has 0 amide bonds. The van der Waals surface area contributed by atoms with Crippen LogP contribution in [0.4, 0.5) is 0 Å². The summed E-state index contributed by atoms with van der Waals surface area (Å²) in [4.78, 5) is 0. The van der Waals surface area contributed by atoms with E-state index in [-0.39, 0.29) is 0 Å². The molecule has 3 heteroatoms. The third kappa shape index (κ3) is 1.55. The number of nitrogens with zero attached hydrogens (tertiary/aromatic N) is 3. The Balaban J connectivity index is 2.18. The molecule has 2 heterocycles. The molecule has 0 unspecified atom stereocenters. The normalized spacial score (nSPS) is 11.1. The van der Waals surface area contributed by atoms with Crippen LogP contribution in [-0.4, -0.2) is 9.13 Å². The van der Waals surface area contributed by atoms with Crippen LogP contribution >= 0.6 is 0 Å². The number of para-hydroxylation sites is 2. The third-order valence-corrected chi connectivity index (χ3v) is 4.37. The van der Waals surface area contributed by atoms with E-state index in [1.807, 2.05) is 44.4 Å². The lowest BCUT2D eigenvalue weighted by Crippen LogP contribution is -1.92. The molecular weight excluding hydrogens is 270 g/mol. The number of hydrogen-bond donors (Lipinski definition) is 0. The van der Waals surface area contributed by atoms with Crippen LogP contribution in [-0.2, 0) is 14.1 Å². The largest absolute Gasteiger partial charge is 0.350 e. The molecule has 2 aromatic carbocycles. The molecule has 0 aliphatic carbocycles. The number of hydrogen-bond acceptors (Lipinski definition) is 1.